The van der Waals surface area contributed by atoms with E-state index >= 15 is 0 Å². The molecule has 1 aromatic rings. The highest BCUT2D eigenvalue weighted by Gasteiger charge is 2.58. The number of anilines is 1. The van der Waals surface area contributed by atoms with E-state index in [-0.39, 0.29) is 17.7 Å². The number of carbonyl (C=O) groups is 2. The van der Waals surface area contributed by atoms with Crippen molar-refractivity contribution in [3.05, 3.63) is 42.5 Å². The van der Waals surface area contributed by atoms with E-state index in [2.05, 4.69) is 23.6 Å². The first-order valence-corrected chi connectivity index (χ1v) is 9.24. The van der Waals surface area contributed by atoms with Crippen molar-refractivity contribution < 1.29 is 14.3 Å². The molecule has 0 N–H and O–H groups in total. The van der Waals surface area contributed by atoms with E-state index in [0.717, 1.165) is 24.8 Å². The fourth-order valence-corrected chi connectivity index (χ4v) is 4.44. The Morgan fingerprint density at radius 1 is 1.38 bits per heavy atom. The van der Waals surface area contributed by atoms with Crippen LogP contribution >= 0.6 is 0 Å². The Morgan fingerprint density at radius 2 is 2.12 bits per heavy atom. The fraction of sp³-hybridized carbons (Fsp3) is 0.524. The van der Waals surface area contributed by atoms with E-state index in [1.165, 1.54) is 5.56 Å². The molecule has 1 fully saturated rings. The zero-order valence-corrected chi connectivity index (χ0v) is 15.9. The maximum absolute atomic E-state index is 12.9. The SMILES string of the molecule is C=CCN1c2ccccc2[C@]2(CCC=O)CCN(C(=O)OC(C)(C)C)[C@H]12. The van der Waals surface area contributed by atoms with Crippen molar-refractivity contribution in [3.63, 3.8) is 0 Å². The van der Waals surface area contributed by atoms with Crippen LogP contribution in [0.5, 0.6) is 0 Å². The number of ether oxygens (including phenoxy) is 1. The van der Waals surface area contributed by atoms with Gasteiger partial charge in [-0.25, -0.2) is 4.79 Å². The van der Waals surface area contributed by atoms with E-state index in [1.807, 2.05) is 43.9 Å². The number of amides is 1. The number of hydrogen-bond donors (Lipinski definition) is 0. The molecule has 1 aromatic carbocycles. The van der Waals surface area contributed by atoms with Crippen molar-refractivity contribution in [2.24, 2.45) is 0 Å². The van der Waals surface area contributed by atoms with E-state index in [0.29, 0.717) is 19.5 Å². The number of para-hydroxylation sites is 1. The number of fused-ring (bicyclic) bond motifs is 3. The van der Waals surface area contributed by atoms with Gasteiger partial charge in [-0.3, -0.25) is 4.90 Å². The summed E-state index contributed by atoms with van der Waals surface area (Å²) in [5.41, 5.74) is 1.56. The van der Waals surface area contributed by atoms with Gasteiger partial charge in [0.15, 0.2) is 0 Å². The number of likely N-dealkylation sites (tertiary alicyclic amines) is 1. The van der Waals surface area contributed by atoms with Gasteiger partial charge in [0.2, 0.25) is 0 Å². The number of aldehydes is 1. The molecule has 0 radical (unpaired) electrons. The zero-order valence-electron chi connectivity index (χ0n) is 15.9. The number of hydrogen-bond acceptors (Lipinski definition) is 4. The van der Waals surface area contributed by atoms with Crippen LogP contribution in [-0.4, -0.2) is 42.1 Å². The average molecular weight is 356 g/mol. The molecule has 5 heteroatoms. The highest BCUT2D eigenvalue weighted by molar-refractivity contribution is 5.74. The molecule has 1 saturated heterocycles. The summed E-state index contributed by atoms with van der Waals surface area (Å²) < 4.78 is 5.67. The standard InChI is InChI=1S/C21H28N2O3/c1-5-13-22-17-10-7-6-9-16(17)21(11-8-15-24)12-14-23(18(21)22)19(25)26-20(2,3)4/h5-7,9-10,15,18H,1,8,11-14H2,2-4H3/t18-,21-/m0/s1. The van der Waals surface area contributed by atoms with Crippen LogP contribution in [0.15, 0.2) is 36.9 Å². The van der Waals surface area contributed by atoms with Gasteiger partial charge in [0, 0.05) is 30.6 Å². The van der Waals surface area contributed by atoms with Gasteiger partial charge in [-0.1, -0.05) is 24.3 Å². The molecule has 2 heterocycles. The third-order valence-electron chi connectivity index (χ3n) is 5.30. The number of benzene rings is 1. The average Bonchev–Trinajstić information content (AvgIpc) is 3.07. The minimum absolute atomic E-state index is 0.146. The predicted molar refractivity (Wildman–Crippen MR) is 102 cm³/mol. The third kappa shape index (κ3) is 3.00. The summed E-state index contributed by atoms with van der Waals surface area (Å²) >= 11 is 0. The minimum atomic E-state index is -0.542. The second kappa shape index (κ2) is 6.78. The summed E-state index contributed by atoms with van der Waals surface area (Å²) in [6.45, 7) is 10.8. The number of nitrogens with zero attached hydrogens (tertiary/aromatic N) is 2. The molecule has 0 saturated carbocycles. The van der Waals surface area contributed by atoms with E-state index in [1.54, 1.807) is 0 Å². The second-order valence-corrected chi connectivity index (χ2v) is 8.12. The van der Waals surface area contributed by atoms with Gasteiger partial charge in [-0.05, 0) is 45.2 Å². The van der Waals surface area contributed by atoms with E-state index in [9.17, 15) is 9.59 Å². The Morgan fingerprint density at radius 3 is 2.77 bits per heavy atom. The van der Waals surface area contributed by atoms with Gasteiger partial charge >= 0.3 is 6.09 Å². The van der Waals surface area contributed by atoms with Crippen molar-refractivity contribution in [2.45, 2.75) is 57.2 Å². The Labute approximate surface area is 155 Å². The van der Waals surface area contributed by atoms with Crippen LogP contribution < -0.4 is 4.90 Å². The molecular weight excluding hydrogens is 328 g/mol. The normalized spacial score (nSPS) is 24.2. The van der Waals surface area contributed by atoms with E-state index in [4.69, 9.17) is 4.74 Å². The lowest BCUT2D eigenvalue weighted by Crippen LogP contribution is -2.53. The van der Waals surface area contributed by atoms with Crippen molar-refractivity contribution in [1.82, 2.24) is 4.90 Å². The molecule has 5 nitrogen and oxygen atoms in total. The molecule has 0 unspecified atom stereocenters. The van der Waals surface area contributed by atoms with Crippen molar-refractivity contribution >= 4 is 18.1 Å². The molecule has 2 atom stereocenters. The minimum Gasteiger partial charge on any atom is -0.444 e. The largest absolute Gasteiger partial charge is 0.444 e. The molecule has 0 bridgehead atoms. The highest BCUT2D eigenvalue weighted by Crippen LogP contribution is 2.54. The first-order valence-electron chi connectivity index (χ1n) is 9.24. The Bertz CT molecular complexity index is 709. The summed E-state index contributed by atoms with van der Waals surface area (Å²) in [5, 5.41) is 0. The van der Waals surface area contributed by atoms with Crippen LogP contribution in [0.4, 0.5) is 10.5 Å². The van der Waals surface area contributed by atoms with E-state index < -0.39 is 5.60 Å². The second-order valence-electron chi connectivity index (χ2n) is 8.12. The molecule has 0 aromatic heterocycles. The molecule has 26 heavy (non-hydrogen) atoms. The van der Waals surface area contributed by atoms with Gasteiger partial charge in [-0.2, -0.15) is 0 Å². The van der Waals surface area contributed by atoms with Crippen molar-refractivity contribution in [2.75, 3.05) is 18.0 Å². The van der Waals surface area contributed by atoms with Crippen LogP contribution in [0.3, 0.4) is 0 Å². The molecule has 2 aliphatic rings. The summed E-state index contributed by atoms with van der Waals surface area (Å²) in [5.74, 6) is 0. The van der Waals surface area contributed by atoms with Crippen LogP contribution in [0, 0.1) is 0 Å². The molecule has 2 aliphatic heterocycles. The van der Waals surface area contributed by atoms with Gasteiger partial charge < -0.3 is 14.4 Å². The van der Waals surface area contributed by atoms with Crippen LogP contribution in [0.2, 0.25) is 0 Å². The lowest BCUT2D eigenvalue weighted by atomic mass is 9.75. The summed E-state index contributed by atoms with van der Waals surface area (Å²) in [6.07, 6.45) is 4.43. The van der Waals surface area contributed by atoms with Gasteiger partial charge in [0.05, 0.1) is 0 Å². The zero-order chi connectivity index (χ0) is 18.9. The summed E-state index contributed by atoms with van der Waals surface area (Å²) in [4.78, 5) is 28.1. The van der Waals surface area contributed by atoms with Crippen LogP contribution in [-0.2, 0) is 14.9 Å². The summed E-state index contributed by atoms with van der Waals surface area (Å²) in [7, 11) is 0. The van der Waals surface area contributed by atoms with Gasteiger partial charge in [-0.15, -0.1) is 6.58 Å². The first kappa shape index (κ1) is 18.5. The third-order valence-corrected chi connectivity index (χ3v) is 5.30. The smallest absolute Gasteiger partial charge is 0.411 e. The topological polar surface area (TPSA) is 49.9 Å². The lowest BCUT2D eigenvalue weighted by Gasteiger charge is -2.38. The van der Waals surface area contributed by atoms with Gasteiger partial charge in [0.1, 0.15) is 18.1 Å². The molecule has 1 amide bonds. The number of rotatable bonds is 5. The number of carbonyl (C=O) groups excluding carboxylic acids is 2. The Kier molecular flexibility index (Phi) is 4.82. The van der Waals surface area contributed by atoms with Crippen LogP contribution in [0.25, 0.3) is 0 Å². The lowest BCUT2D eigenvalue weighted by molar-refractivity contribution is -0.108. The monoisotopic (exact) mass is 356 g/mol. The van der Waals surface area contributed by atoms with Crippen molar-refractivity contribution in [3.8, 4) is 0 Å². The molecular formula is C21H28N2O3. The quantitative estimate of drug-likeness (QED) is 0.593. The Balaban J connectivity index is 2.04. The molecule has 0 spiro atoms. The maximum Gasteiger partial charge on any atom is 0.411 e. The van der Waals surface area contributed by atoms with Gasteiger partial charge in [0.25, 0.3) is 0 Å². The molecule has 3 rings (SSSR count). The van der Waals surface area contributed by atoms with Crippen molar-refractivity contribution in [1.29, 1.82) is 0 Å². The fourth-order valence-electron chi connectivity index (χ4n) is 4.44. The van der Waals surface area contributed by atoms with Crippen LogP contribution in [0.1, 0.15) is 45.6 Å². The maximum atomic E-state index is 12.9. The first-order chi connectivity index (χ1) is 12.3. The highest BCUT2D eigenvalue weighted by atomic mass is 16.6. The Hall–Kier alpha value is -2.30. The summed E-state index contributed by atoms with van der Waals surface area (Å²) in [6, 6.07) is 8.27. The molecule has 140 valence electrons. The predicted octanol–water partition coefficient (Wildman–Crippen LogP) is 3.88. The molecule has 0 aliphatic carbocycles.